The SMILES string of the molecule is CCCCSCc1cccc(F)c1Br. The van der Waals surface area contributed by atoms with Crippen LogP contribution >= 0.6 is 27.7 Å². The van der Waals surface area contributed by atoms with Gasteiger partial charge in [-0.15, -0.1) is 0 Å². The Hall–Kier alpha value is -0.0200. The summed E-state index contributed by atoms with van der Waals surface area (Å²) in [6, 6.07) is 5.20. The summed E-state index contributed by atoms with van der Waals surface area (Å²) in [5, 5.41) is 0. The van der Waals surface area contributed by atoms with Gasteiger partial charge in [0.25, 0.3) is 0 Å². The van der Waals surface area contributed by atoms with Crippen molar-refractivity contribution in [3.63, 3.8) is 0 Å². The molecule has 1 aromatic rings. The number of unbranched alkanes of at least 4 members (excludes halogenated alkanes) is 1. The standard InChI is InChI=1S/C11H14BrFS/c1-2-3-7-14-8-9-5-4-6-10(13)11(9)12/h4-6H,2-3,7-8H2,1H3. The smallest absolute Gasteiger partial charge is 0.137 e. The third-order valence-electron chi connectivity index (χ3n) is 1.93. The highest BCUT2D eigenvalue weighted by Crippen LogP contribution is 2.24. The predicted molar refractivity (Wildman–Crippen MR) is 65.2 cm³/mol. The lowest BCUT2D eigenvalue weighted by molar-refractivity contribution is 0.619. The van der Waals surface area contributed by atoms with E-state index in [0.717, 1.165) is 17.1 Å². The minimum atomic E-state index is -0.168. The maximum Gasteiger partial charge on any atom is 0.137 e. The maximum absolute atomic E-state index is 13.1. The third kappa shape index (κ3) is 3.62. The van der Waals surface area contributed by atoms with Crippen LogP contribution in [0.4, 0.5) is 4.39 Å². The second-order valence-corrected chi connectivity index (χ2v) is 5.02. The molecule has 0 amide bonds. The van der Waals surface area contributed by atoms with Gasteiger partial charge in [-0.25, -0.2) is 4.39 Å². The first kappa shape index (κ1) is 12.1. The molecule has 0 saturated carbocycles. The van der Waals surface area contributed by atoms with Crippen molar-refractivity contribution in [1.29, 1.82) is 0 Å². The first-order chi connectivity index (χ1) is 6.75. The highest BCUT2D eigenvalue weighted by Gasteiger charge is 2.04. The van der Waals surface area contributed by atoms with Crippen molar-refractivity contribution in [2.45, 2.75) is 25.5 Å². The van der Waals surface area contributed by atoms with Crippen molar-refractivity contribution in [1.82, 2.24) is 0 Å². The molecule has 0 fully saturated rings. The molecule has 0 saturated heterocycles. The van der Waals surface area contributed by atoms with E-state index >= 15 is 0 Å². The zero-order chi connectivity index (χ0) is 10.4. The number of halogens is 2. The molecule has 0 aromatic heterocycles. The Morgan fingerprint density at radius 1 is 1.43 bits per heavy atom. The molecule has 0 aliphatic heterocycles. The quantitative estimate of drug-likeness (QED) is 0.707. The lowest BCUT2D eigenvalue weighted by Gasteiger charge is -2.04. The molecule has 3 heteroatoms. The summed E-state index contributed by atoms with van der Waals surface area (Å²) in [4.78, 5) is 0. The molecule has 0 heterocycles. The highest BCUT2D eigenvalue weighted by molar-refractivity contribution is 9.10. The van der Waals surface area contributed by atoms with E-state index in [0.29, 0.717) is 4.47 Å². The van der Waals surface area contributed by atoms with Gasteiger partial charge < -0.3 is 0 Å². The Kier molecular flexibility index (Phi) is 5.56. The molecule has 0 unspecified atom stereocenters. The van der Waals surface area contributed by atoms with Crippen molar-refractivity contribution in [3.05, 3.63) is 34.1 Å². The molecular weight excluding hydrogens is 263 g/mol. The molecule has 0 N–H and O–H groups in total. The zero-order valence-electron chi connectivity index (χ0n) is 8.22. The monoisotopic (exact) mass is 276 g/mol. The van der Waals surface area contributed by atoms with Gasteiger partial charge in [0.1, 0.15) is 5.82 Å². The first-order valence-corrected chi connectivity index (χ1v) is 6.71. The van der Waals surface area contributed by atoms with Crippen LogP contribution in [-0.4, -0.2) is 5.75 Å². The van der Waals surface area contributed by atoms with Crippen LogP contribution in [0.5, 0.6) is 0 Å². The summed E-state index contributed by atoms with van der Waals surface area (Å²) >= 11 is 5.12. The number of rotatable bonds is 5. The minimum Gasteiger partial charge on any atom is -0.206 e. The van der Waals surface area contributed by atoms with Crippen molar-refractivity contribution in [3.8, 4) is 0 Å². The van der Waals surface area contributed by atoms with Crippen molar-refractivity contribution < 1.29 is 4.39 Å². The van der Waals surface area contributed by atoms with Crippen LogP contribution in [-0.2, 0) is 5.75 Å². The molecule has 0 atom stereocenters. The summed E-state index contributed by atoms with van der Waals surface area (Å²) in [5.74, 6) is 1.87. The number of thioether (sulfide) groups is 1. The fourth-order valence-electron chi connectivity index (χ4n) is 1.09. The fraction of sp³-hybridized carbons (Fsp3) is 0.455. The molecular formula is C11H14BrFS. The normalized spacial score (nSPS) is 10.5. The van der Waals surface area contributed by atoms with Crippen LogP contribution in [0.2, 0.25) is 0 Å². The Morgan fingerprint density at radius 3 is 2.93 bits per heavy atom. The largest absolute Gasteiger partial charge is 0.206 e. The lowest BCUT2D eigenvalue weighted by atomic mass is 10.2. The lowest BCUT2D eigenvalue weighted by Crippen LogP contribution is -1.88. The molecule has 78 valence electrons. The van der Waals surface area contributed by atoms with Gasteiger partial charge in [-0.05, 0) is 39.7 Å². The van der Waals surface area contributed by atoms with Crippen LogP contribution in [0.25, 0.3) is 0 Å². The number of hydrogen-bond acceptors (Lipinski definition) is 1. The van der Waals surface area contributed by atoms with Gasteiger partial charge in [0.2, 0.25) is 0 Å². The average molecular weight is 277 g/mol. The van der Waals surface area contributed by atoms with Gasteiger partial charge in [0, 0.05) is 5.75 Å². The van der Waals surface area contributed by atoms with E-state index < -0.39 is 0 Å². The van der Waals surface area contributed by atoms with Crippen LogP contribution < -0.4 is 0 Å². The Morgan fingerprint density at radius 2 is 2.21 bits per heavy atom. The molecule has 0 aliphatic rings. The van der Waals surface area contributed by atoms with Crippen LogP contribution in [0, 0.1) is 5.82 Å². The zero-order valence-corrected chi connectivity index (χ0v) is 10.6. The van der Waals surface area contributed by atoms with Gasteiger partial charge in [-0.2, -0.15) is 11.8 Å². The second-order valence-electron chi connectivity index (χ2n) is 3.12. The first-order valence-electron chi connectivity index (χ1n) is 4.76. The van der Waals surface area contributed by atoms with Crippen LogP contribution in [0.1, 0.15) is 25.3 Å². The summed E-state index contributed by atoms with van der Waals surface area (Å²) < 4.78 is 13.7. The van der Waals surface area contributed by atoms with Gasteiger partial charge >= 0.3 is 0 Å². The van der Waals surface area contributed by atoms with E-state index in [9.17, 15) is 4.39 Å². The Labute approximate surface area is 97.4 Å². The Balaban J connectivity index is 2.46. The summed E-state index contributed by atoms with van der Waals surface area (Å²) in [6.45, 7) is 2.18. The summed E-state index contributed by atoms with van der Waals surface area (Å²) in [5.41, 5.74) is 1.05. The molecule has 0 radical (unpaired) electrons. The van der Waals surface area contributed by atoms with E-state index in [1.807, 2.05) is 17.8 Å². The topological polar surface area (TPSA) is 0 Å². The molecule has 0 bridgehead atoms. The summed E-state index contributed by atoms with van der Waals surface area (Å²) in [6.07, 6.45) is 2.45. The van der Waals surface area contributed by atoms with Gasteiger partial charge in [0.05, 0.1) is 4.47 Å². The maximum atomic E-state index is 13.1. The van der Waals surface area contributed by atoms with E-state index in [1.54, 1.807) is 6.07 Å². The summed E-state index contributed by atoms with van der Waals surface area (Å²) in [7, 11) is 0. The van der Waals surface area contributed by atoms with Crippen LogP contribution in [0.15, 0.2) is 22.7 Å². The molecule has 0 nitrogen and oxygen atoms in total. The highest BCUT2D eigenvalue weighted by atomic mass is 79.9. The molecule has 1 rings (SSSR count). The average Bonchev–Trinajstić information content (AvgIpc) is 2.19. The second kappa shape index (κ2) is 6.46. The molecule has 0 aliphatic carbocycles. The van der Waals surface area contributed by atoms with E-state index in [2.05, 4.69) is 22.9 Å². The van der Waals surface area contributed by atoms with E-state index in [-0.39, 0.29) is 5.82 Å². The van der Waals surface area contributed by atoms with Gasteiger partial charge in [-0.1, -0.05) is 25.5 Å². The number of benzene rings is 1. The van der Waals surface area contributed by atoms with Crippen LogP contribution in [0.3, 0.4) is 0 Å². The van der Waals surface area contributed by atoms with Gasteiger partial charge in [0.15, 0.2) is 0 Å². The molecule has 0 spiro atoms. The van der Waals surface area contributed by atoms with Gasteiger partial charge in [-0.3, -0.25) is 0 Å². The van der Waals surface area contributed by atoms with Crippen molar-refractivity contribution in [2.24, 2.45) is 0 Å². The van der Waals surface area contributed by atoms with E-state index in [1.165, 1.54) is 18.9 Å². The molecule has 14 heavy (non-hydrogen) atoms. The number of hydrogen-bond donors (Lipinski definition) is 0. The van der Waals surface area contributed by atoms with E-state index in [4.69, 9.17) is 0 Å². The van der Waals surface area contributed by atoms with Crippen molar-refractivity contribution in [2.75, 3.05) is 5.75 Å². The predicted octanol–water partition coefficient (Wildman–Crippen LogP) is 4.62. The van der Waals surface area contributed by atoms with Crippen molar-refractivity contribution >= 4 is 27.7 Å². The molecule has 1 aromatic carbocycles. The Bertz CT molecular complexity index is 289. The minimum absolute atomic E-state index is 0.168. The fourth-order valence-corrected chi connectivity index (χ4v) is 2.78. The third-order valence-corrected chi connectivity index (χ3v) is 3.91.